The van der Waals surface area contributed by atoms with Crippen molar-refractivity contribution in [1.82, 2.24) is 10.2 Å². The van der Waals surface area contributed by atoms with Crippen molar-refractivity contribution in [3.8, 4) is 0 Å². The number of nitrogens with zero attached hydrogens (tertiary/aromatic N) is 2. The predicted molar refractivity (Wildman–Crippen MR) is 109 cm³/mol. The van der Waals surface area contributed by atoms with Crippen LogP contribution in [0, 0.1) is 16.0 Å². The van der Waals surface area contributed by atoms with Crippen molar-refractivity contribution < 1.29 is 14.8 Å². The average molecular weight is 407 g/mol. The molecule has 2 aromatic carbocycles. The molecule has 0 aliphatic carbocycles. The minimum atomic E-state index is -0.744. The minimum Gasteiger partial charge on any atom is -0.388 e. The van der Waals surface area contributed by atoms with Crippen molar-refractivity contribution in [3.05, 3.63) is 69.2 Å². The number of anilines is 1. The third-order valence-electron chi connectivity index (χ3n) is 4.12. The molecule has 2 aromatic rings. The summed E-state index contributed by atoms with van der Waals surface area (Å²) >= 11 is 5.99. The zero-order valence-corrected chi connectivity index (χ0v) is 16.4. The normalized spacial score (nSPS) is 13.0. The number of benzene rings is 2. The number of nitro groups is 1. The van der Waals surface area contributed by atoms with Crippen molar-refractivity contribution in [3.63, 3.8) is 0 Å². The first-order valence-corrected chi connectivity index (χ1v) is 9.02. The van der Waals surface area contributed by atoms with Crippen LogP contribution in [0.2, 0.25) is 5.02 Å². The van der Waals surface area contributed by atoms with E-state index < -0.39 is 17.1 Å². The van der Waals surface area contributed by atoms with E-state index in [1.807, 2.05) is 49.3 Å². The van der Waals surface area contributed by atoms with Gasteiger partial charge in [-0.05, 0) is 25.7 Å². The Labute approximate surface area is 168 Å². The number of non-ortho nitro benzene ring substituents is 1. The van der Waals surface area contributed by atoms with E-state index in [2.05, 4.69) is 10.6 Å². The fourth-order valence-electron chi connectivity index (χ4n) is 2.78. The first-order chi connectivity index (χ1) is 13.3. The van der Waals surface area contributed by atoms with Crippen LogP contribution in [-0.2, 0) is 0 Å². The molecule has 28 heavy (non-hydrogen) atoms. The number of hydrogen-bond acceptors (Lipinski definition) is 5. The summed E-state index contributed by atoms with van der Waals surface area (Å²) in [6.07, 6.45) is -0.744. The number of nitro benzene ring substituents is 1. The van der Waals surface area contributed by atoms with Crippen molar-refractivity contribution in [2.24, 2.45) is 5.92 Å². The number of aliphatic hydroxyl groups excluding tert-OH is 1. The molecule has 3 N–H and O–H groups in total. The van der Waals surface area contributed by atoms with Gasteiger partial charge in [0.1, 0.15) is 0 Å². The van der Waals surface area contributed by atoms with Crippen LogP contribution in [-0.4, -0.2) is 48.1 Å². The number of halogens is 1. The van der Waals surface area contributed by atoms with Gasteiger partial charge in [-0.1, -0.05) is 41.9 Å². The van der Waals surface area contributed by atoms with E-state index >= 15 is 0 Å². The zero-order valence-electron chi connectivity index (χ0n) is 15.6. The number of amides is 2. The fraction of sp³-hybridized carbons (Fsp3) is 0.316. The summed E-state index contributed by atoms with van der Waals surface area (Å²) in [5.74, 6) is -0.240. The topological polar surface area (TPSA) is 108 Å². The molecule has 0 spiro atoms. The lowest BCUT2D eigenvalue weighted by molar-refractivity contribution is -0.384. The van der Waals surface area contributed by atoms with E-state index in [0.29, 0.717) is 6.54 Å². The van der Waals surface area contributed by atoms with Crippen LogP contribution >= 0.6 is 11.6 Å². The van der Waals surface area contributed by atoms with Crippen LogP contribution in [0.4, 0.5) is 16.2 Å². The maximum absolute atomic E-state index is 12.2. The van der Waals surface area contributed by atoms with Gasteiger partial charge in [-0.3, -0.25) is 10.1 Å². The molecule has 0 saturated carbocycles. The smallest absolute Gasteiger partial charge is 0.319 e. The Bertz CT molecular complexity index is 817. The molecule has 0 heterocycles. The zero-order chi connectivity index (χ0) is 20.7. The second kappa shape index (κ2) is 10.0. The highest BCUT2D eigenvalue weighted by Gasteiger charge is 2.22. The van der Waals surface area contributed by atoms with E-state index in [1.54, 1.807) is 0 Å². The van der Waals surface area contributed by atoms with Gasteiger partial charge in [0, 0.05) is 31.1 Å². The summed E-state index contributed by atoms with van der Waals surface area (Å²) in [6.45, 7) is 0.791. The Morgan fingerprint density at radius 2 is 1.93 bits per heavy atom. The van der Waals surface area contributed by atoms with E-state index in [9.17, 15) is 20.0 Å². The predicted octanol–water partition coefficient (Wildman–Crippen LogP) is 3.28. The molecular weight excluding hydrogens is 384 g/mol. The SMILES string of the molecule is CN(C)C[C@@H](CNC(=O)Nc1ccc([N+](=O)[O-])cc1Cl)[C@H](O)c1ccccc1. The van der Waals surface area contributed by atoms with Crippen LogP contribution in [0.15, 0.2) is 48.5 Å². The molecule has 0 aliphatic heterocycles. The summed E-state index contributed by atoms with van der Waals surface area (Å²) in [7, 11) is 3.78. The van der Waals surface area contributed by atoms with Gasteiger partial charge in [-0.15, -0.1) is 0 Å². The lowest BCUT2D eigenvalue weighted by atomic mass is 9.95. The van der Waals surface area contributed by atoms with Gasteiger partial charge in [0.25, 0.3) is 5.69 Å². The summed E-state index contributed by atoms with van der Waals surface area (Å²) in [6, 6.07) is 12.5. The molecule has 0 fully saturated rings. The van der Waals surface area contributed by atoms with E-state index in [4.69, 9.17) is 11.6 Å². The first-order valence-electron chi connectivity index (χ1n) is 8.64. The van der Waals surface area contributed by atoms with Gasteiger partial charge in [0.15, 0.2) is 0 Å². The van der Waals surface area contributed by atoms with Crippen molar-refractivity contribution in [1.29, 1.82) is 0 Å². The van der Waals surface area contributed by atoms with Crippen LogP contribution in [0.5, 0.6) is 0 Å². The second-order valence-electron chi connectivity index (χ2n) is 6.63. The van der Waals surface area contributed by atoms with Gasteiger partial charge in [0.05, 0.1) is 21.7 Å². The molecule has 0 unspecified atom stereocenters. The number of nitrogens with one attached hydrogen (secondary N) is 2. The van der Waals surface area contributed by atoms with Gasteiger partial charge >= 0.3 is 6.03 Å². The lowest BCUT2D eigenvalue weighted by Crippen LogP contribution is -2.39. The van der Waals surface area contributed by atoms with Crippen LogP contribution < -0.4 is 10.6 Å². The molecule has 0 radical (unpaired) electrons. The lowest BCUT2D eigenvalue weighted by Gasteiger charge is -2.26. The quantitative estimate of drug-likeness (QED) is 0.460. The Kier molecular flexibility index (Phi) is 7.74. The van der Waals surface area contributed by atoms with Crippen molar-refractivity contribution in [2.45, 2.75) is 6.10 Å². The molecule has 0 bridgehead atoms. The van der Waals surface area contributed by atoms with E-state index in [-0.39, 0.29) is 28.9 Å². The largest absolute Gasteiger partial charge is 0.388 e. The summed E-state index contributed by atoms with van der Waals surface area (Å²) in [5, 5.41) is 26.8. The Balaban J connectivity index is 2.00. The summed E-state index contributed by atoms with van der Waals surface area (Å²) in [4.78, 5) is 24.3. The molecule has 0 saturated heterocycles. The number of urea groups is 1. The maximum Gasteiger partial charge on any atom is 0.319 e. The molecule has 0 aromatic heterocycles. The van der Waals surface area contributed by atoms with Crippen LogP contribution in [0.25, 0.3) is 0 Å². The highest BCUT2D eigenvalue weighted by molar-refractivity contribution is 6.33. The number of carbonyl (C=O) groups is 1. The van der Waals surface area contributed by atoms with Crippen LogP contribution in [0.1, 0.15) is 11.7 Å². The third-order valence-corrected chi connectivity index (χ3v) is 4.44. The molecule has 9 heteroatoms. The summed E-state index contributed by atoms with van der Waals surface area (Å²) < 4.78 is 0. The molecule has 2 rings (SSSR count). The molecule has 8 nitrogen and oxygen atoms in total. The Morgan fingerprint density at radius 3 is 2.50 bits per heavy atom. The number of carbonyl (C=O) groups excluding carboxylic acids is 1. The fourth-order valence-corrected chi connectivity index (χ4v) is 3.00. The van der Waals surface area contributed by atoms with Gasteiger partial charge in [-0.25, -0.2) is 4.79 Å². The van der Waals surface area contributed by atoms with E-state index in [0.717, 1.165) is 5.56 Å². The second-order valence-corrected chi connectivity index (χ2v) is 7.04. The molecule has 150 valence electrons. The van der Waals surface area contributed by atoms with Gasteiger partial charge in [-0.2, -0.15) is 0 Å². The Morgan fingerprint density at radius 1 is 1.25 bits per heavy atom. The average Bonchev–Trinajstić information content (AvgIpc) is 2.66. The Hall–Kier alpha value is -2.68. The monoisotopic (exact) mass is 406 g/mol. The van der Waals surface area contributed by atoms with Crippen molar-refractivity contribution >= 4 is 29.0 Å². The van der Waals surface area contributed by atoms with Crippen LogP contribution in [0.3, 0.4) is 0 Å². The van der Waals surface area contributed by atoms with E-state index in [1.165, 1.54) is 18.2 Å². The third kappa shape index (κ3) is 6.19. The number of aliphatic hydroxyl groups is 1. The van der Waals surface area contributed by atoms with Gasteiger partial charge in [0.2, 0.25) is 0 Å². The minimum absolute atomic E-state index is 0.0681. The molecular formula is C19H23ClN4O4. The number of rotatable bonds is 8. The maximum atomic E-state index is 12.2. The standard InChI is InChI=1S/C19H23ClN4O4/c1-23(2)12-14(18(25)13-6-4-3-5-7-13)11-21-19(26)22-17-9-8-15(24(27)28)10-16(17)20/h3-10,14,18,25H,11-12H2,1-2H3,(H2,21,22,26)/t14-,18-/m1/s1. The first kappa shape index (κ1) is 21.6. The highest BCUT2D eigenvalue weighted by Crippen LogP contribution is 2.26. The molecule has 2 atom stereocenters. The van der Waals surface area contributed by atoms with Gasteiger partial charge < -0.3 is 20.6 Å². The number of hydrogen-bond donors (Lipinski definition) is 3. The van der Waals surface area contributed by atoms with Crippen molar-refractivity contribution in [2.75, 3.05) is 32.5 Å². The summed E-state index contributed by atoms with van der Waals surface area (Å²) in [5.41, 5.74) is 0.875. The highest BCUT2D eigenvalue weighted by atomic mass is 35.5. The molecule has 0 aliphatic rings. The molecule has 2 amide bonds.